The van der Waals surface area contributed by atoms with Crippen molar-refractivity contribution >= 4 is 5.91 Å². The third kappa shape index (κ3) is 3.67. The molecule has 1 saturated carbocycles. The molecule has 1 aromatic rings. The number of aromatic nitrogens is 2. The highest BCUT2D eigenvalue weighted by Gasteiger charge is 2.28. The van der Waals surface area contributed by atoms with Gasteiger partial charge in [0.1, 0.15) is 5.69 Å². The number of aromatic amines is 1. The first kappa shape index (κ1) is 15.5. The van der Waals surface area contributed by atoms with E-state index in [-0.39, 0.29) is 18.1 Å². The molecule has 3 rings (SSSR count). The molecule has 1 aromatic heterocycles. The van der Waals surface area contributed by atoms with E-state index in [0.29, 0.717) is 24.2 Å². The molecule has 22 heavy (non-hydrogen) atoms. The first-order chi connectivity index (χ1) is 10.5. The van der Waals surface area contributed by atoms with Crippen molar-refractivity contribution < 1.29 is 9.53 Å². The van der Waals surface area contributed by atoms with Crippen LogP contribution in [0.2, 0.25) is 0 Å². The van der Waals surface area contributed by atoms with Crippen LogP contribution in [0.3, 0.4) is 0 Å². The molecule has 0 radical (unpaired) electrons. The second kappa shape index (κ2) is 6.38. The van der Waals surface area contributed by atoms with Gasteiger partial charge < -0.3 is 10.1 Å². The topological polar surface area (TPSA) is 70.2 Å². The summed E-state index contributed by atoms with van der Waals surface area (Å²) < 4.78 is 5.75. The molecule has 122 valence electrons. The molecule has 0 aromatic carbocycles. The lowest BCUT2D eigenvalue weighted by Crippen LogP contribution is -2.52. The van der Waals surface area contributed by atoms with Crippen molar-refractivity contribution in [3.63, 3.8) is 0 Å². The zero-order chi connectivity index (χ0) is 15.7. The molecule has 0 spiro atoms. The molecule has 1 aliphatic heterocycles. The number of nitrogens with one attached hydrogen (secondary N) is 2. The minimum absolute atomic E-state index is 0.0932. The van der Waals surface area contributed by atoms with Crippen molar-refractivity contribution in [2.45, 2.75) is 57.8 Å². The number of rotatable bonds is 5. The molecular formula is C16H26N4O2. The van der Waals surface area contributed by atoms with Crippen LogP contribution in [0.5, 0.6) is 0 Å². The van der Waals surface area contributed by atoms with Gasteiger partial charge in [-0.15, -0.1) is 0 Å². The van der Waals surface area contributed by atoms with Crippen molar-refractivity contribution in [1.29, 1.82) is 0 Å². The molecule has 0 unspecified atom stereocenters. The Morgan fingerprint density at radius 3 is 2.77 bits per heavy atom. The number of carbonyl (C=O) groups excluding carboxylic acids is 1. The maximum Gasteiger partial charge on any atom is 0.271 e. The van der Waals surface area contributed by atoms with Gasteiger partial charge in [0.25, 0.3) is 5.91 Å². The lowest BCUT2D eigenvalue weighted by molar-refractivity contribution is -0.0778. The Labute approximate surface area is 131 Å². The van der Waals surface area contributed by atoms with Crippen molar-refractivity contribution in [2.24, 2.45) is 0 Å². The van der Waals surface area contributed by atoms with Crippen LogP contribution in [0.15, 0.2) is 6.07 Å². The number of ether oxygens (including phenoxy) is 1. The van der Waals surface area contributed by atoms with E-state index >= 15 is 0 Å². The number of hydrogen-bond acceptors (Lipinski definition) is 4. The van der Waals surface area contributed by atoms with Crippen molar-refractivity contribution in [2.75, 3.05) is 19.6 Å². The molecule has 2 heterocycles. The quantitative estimate of drug-likeness (QED) is 0.865. The van der Waals surface area contributed by atoms with Gasteiger partial charge in [0.05, 0.1) is 12.2 Å². The third-order valence-electron chi connectivity index (χ3n) is 4.48. The number of amides is 1. The van der Waals surface area contributed by atoms with Crippen LogP contribution < -0.4 is 5.32 Å². The Morgan fingerprint density at radius 1 is 1.45 bits per heavy atom. The lowest BCUT2D eigenvalue weighted by Gasteiger charge is -2.38. The Kier molecular flexibility index (Phi) is 4.49. The molecule has 2 aliphatic rings. The molecular weight excluding hydrogens is 280 g/mol. The van der Waals surface area contributed by atoms with Crippen LogP contribution in [0, 0.1) is 0 Å². The highest BCUT2D eigenvalue weighted by Crippen LogP contribution is 2.38. The van der Waals surface area contributed by atoms with Gasteiger partial charge in [0, 0.05) is 37.3 Å². The molecule has 3 atom stereocenters. The van der Waals surface area contributed by atoms with Gasteiger partial charge >= 0.3 is 0 Å². The fraction of sp³-hybridized carbons (Fsp3) is 0.750. The number of nitrogens with zero attached hydrogens (tertiary/aromatic N) is 2. The van der Waals surface area contributed by atoms with Crippen molar-refractivity contribution in [3.8, 4) is 0 Å². The van der Waals surface area contributed by atoms with E-state index in [0.717, 1.165) is 18.8 Å². The Bertz CT molecular complexity index is 516. The van der Waals surface area contributed by atoms with E-state index in [2.05, 4.69) is 41.2 Å². The van der Waals surface area contributed by atoms with E-state index in [1.54, 1.807) is 0 Å². The summed E-state index contributed by atoms with van der Waals surface area (Å²) in [5.41, 5.74) is 1.59. The van der Waals surface area contributed by atoms with Crippen LogP contribution in [0.1, 0.15) is 55.7 Å². The summed E-state index contributed by atoms with van der Waals surface area (Å²) in [5, 5.41) is 10.1. The van der Waals surface area contributed by atoms with Crippen molar-refractivity contribution in [1.82, 2.24) is 20.4 Å². The smallest absolute Gasteiger partial charge is 0.271 e. The molecule has 1 amide bonds. The summed E-state index contributed by atoms with van der Waals surface area (Å²) in [6.45, 7) is 8.79. The predicted octanol–water partition coefficient (Wildman–Crippen LogP) is 1.51. The summed E-state index contributed by atoms with van der Waals surface area (Å²) in [6.07, 6.45) is 2.89. The Morgan fingerprint density at radius 2 is 2.14 bits per heavy atom. The van der Waals surface area contributed by atoms with Gasteiger partial charge in [-0.3, -0.25) is 14.8 Å². The second-order valence-corrected chi connectivity index (χ2v) is 6.75. The first-order valence-electron chi connectivity index (χ1n) is 8.26. The van der Waals surface area contributed by atoms with Crippen molar-refractivity contribution in [3.05, 3.63) is 17.5 Å². The molecule has 6 heteroatoms. The largest absolute Gasteiger partial charge is 0.373 e. The van der Waals surface area contributed by atoms with Gasteiger partial charge in [0.2, 0.25) is 0 Å². The van der Waals surface area contributed by atoms with E-state index in [9.17, 15) is 4.79 Å². The molecule has 6 nitrogen and oxygen atoms in total. The number of morpholine rings is 1. The van der Waals surface area contributed by atoms with E-state index in [1.807, 2.05) is 6.07 Å². The van der Waals surface area contributed by atoms with Crippen LogP contribution in [0.25, 0.3) is 0 Å². The number of carbonyl (C=O) groups is 1. The maximum atomic E-state index is 12.2. The van der Waals surface area contributed by atoms with Gasteiger partial charge in [-0.05, 0) is 39.7 Å². The predicted molar refractivity (Wildman–Crippen MR) is 83.9 cm³/mol. The van der Waals surface area contributed by atoms with Gasteiger partial charge in [-0.25, -0.2) is 0 Å². The van der Waals surface area contributed by atoms with Gasteiger partial charge in [0.15, 0.2) is 0 Å². The maximum absolute atomic E-state index is 12.2. The summed E-state index contributed by atoms with van der Waals surface area (Å²) in [6, 6.07) is 2.18. The fourth-order valence-electron chi connectivity index (χ4n) is 3.09. The van der Waals surface area contributed by atoms with Crippen LogP contribution >= 0.6 is 0 Å². The van der Waals surface area contributed by atoms with Gasteiger partial charge in [-0.2, -0.15) is 5.10 Å². The molecule has 2 fully saturated rings. The fourth-order valence-corrected chi connectivity index (χ4v) is 3.09. The van der Waals surface area contributed by atoms with E-state index in [1.165, 1.54) is 12.8 Å². The lowest BCUT2D eigenvalue weighted by atomic mass is 10.1. The highest BCUT2D eigenvalue weighted by atomic mass is 16.5. The van der Waals surface area contributed by atoms with Crippen LogP contribution in [-0.2, 0) is 4.74 Å². The molecule has 2 N–H and O–H groups in total. The number of H-pyrrole nitrogens is 1. The SMILES string of the molecule is C[C@@H]1CN([C@@H](C)CNC(=O)c2cc(C3CC3)[nH]n2)C[C@@H](C)O1. The first-order valence-corrected chi connectivity index (χ1v) is 8.26. The minimum Gasteiger partial charge on any atom is -0.373 e. The van der Waals surface area contributed by atoms with E-state index < -0.39 is 0 Å². The molecule has 1 saturated heterocycles. The summed E-state index contributed by atoms with van der Waals surface area (Å²) in [7, 11) is 0. The zero-order valence-corrected chi connectivity index (χ0v) is 13.6. The monoisotopic (exact) mass is 306 g/mol. The van der Waals surface area contributed by atoms with Gasteiger partial charge in [-0.1, -0.05) is 0 Å². The third-order valence-corrected chi connectivity index (χ3v) is 4.48. The average Bonchev–Trinajstić information content (AvgIpc) is 3.20. The summed E-state index contributed by atoms with van der Waals surface area (Å²) >= 11 is 0. The summed E-state index contributed by atoms with van der Waals surface area (Å²) in [5.74, 6) is 0.494. The molecule has 1 aliphatic carbocycles. The van der Waals surface area contributed by atoms with E-state index in [4.69, 9.17) is 4.74 Å². The van der Waals surface area contributed by atoms with Crippen LogP contribution in [-0.4, -0.2) is 58.9 Å². The molecule has 0 bridgehead atoms. The van der Waals surface area contributed by atoms with Crippen LogP contribution in [0.4, 0.5) is 0 Å². The average molecular weight is 306 g/mol. The summed E-state index contributed by atoms with van der Waals surface area (Å²) in [4.78, 5) is 14.6. The highest BCUT2D eigenvalue weighted by molar-refractivity contribution is 5.92. The normalized spacial score (nSPS) is 27.6. The standard InChI is InChI=1S/C16H26N4O2/c1-10(20-8-11(2)22-12(3)9-20)7-17-16(21)15-6-14(18-19-15)13-4-5-13/h6,10-13H,4-5,7-9H2,1-3H3,(H,17,21)(H,18,19)/t10-,11+,12+/m0/s1. The second-order valence-electron chi connectivity index (χ2n) is 6.75. The Hall–Kier alpha value is -1.40. The minimum atomic E-state index is -0.0932. The number of hydrogen-bond donors (Lipinski definition) is 2. The zero-order valence-electron chi connectivity index (χ0n) is 13.6. The Balaban J connectivity index is 1.49.